The highest BCUT2D eigenvalue weighted by atomic mass is 19.1. The molecule has 1 fully saturated rings. The number of halogens is 2. The van der Waals surface area contributed by atoms with Crippen molar-refractivity contribution in [3.63, 3.8) is 0 Å². The van der Waals surface area contributed by atoms with Gasteiger partial charge in [0.05, 0.1) is 22.9 Å². The minimum absolute atomic E-state index is 0.0779. The van der Waals surface area contributed by atoms with Crippen LogP contribution in [0.3, 0.4) is 0 Å². The highest BCUT2D eigenvalue weighted by molar-refractivity contribution is 5.97. The van der Waals surface area contributed by atoms with Crippen molar-refractivity contribution in [1.29, 1.82) is 0 Å². The summed E-state index contributed by atoms with van der Waals surface area (Å²) in [7, 11) is 0. The number of nitrogens with one attached hydrogen (secondary N) is 2. The Morgan fingerprint density at radius 2 is 1.89 bits per heavy atom. The van der Waals surface area contributed by atoms with E-state index in [9.17, 15) is 18.4 Å². The Labute approximate surface area is 159 Å². The Morgan fingerprint density at radius 1 is 1.11 bits per heavy atom. The fourth-order valence-corrected chi connectivity index (χ4v) is 3.41. The smallest absolute Gasteiger partial charge is 0.254 e. The number of aromatic amines is 1. The number of likely N-dealkylation sites (tertiary alicyclic amines) is 1. The van der Waals surface area contributed by atoms with Crippen LogP contribution in [0.1, 0.15) is 33.6 Å². The standard InChI is InChI=1S/C20H18F2N4O2/c21-13-2-3-15(16(22)10-13)19(27)25-14-5-7-26(8-6-14)20(28)12-1-4-17-18(9-12)24-11-23-17/h1-4,9-11,14H,5-8H2,(H,23,24)(H,25,27). The molecule has 1 aliphatic rings. The average Bonchev–Trinajstić information content (AvgIpc) is 3.15. The molecule has 2 N–H and O–H groups in total. The Bertz CT molecular complexity index is 1040. The second-order valence-corrected chi connectivity index (χ2v) is 6.80. The molecule has 4 rings (SSSR count). The number of aromatic nitrogens is 2. The van der Waals surface area contributed by atoms with E-state index in [1.165, 1.54) is 0 Å². The molecule has 3 aromatic rings. The summed E-state index contributed by atoms with van der Waals surface area (Å²) in [6.07, 6.45) is 2.70. The van der Waals surface area contributed by atoms with E-state index in [1.54, 1.807) is 29.4 Å². The van der Waals surface area contributed by atoms with Crippen LogP contribution in [0.25, 0.3) is 11.0 Å². The minimum Gasteiger partial charge on any atom is -0.349 e. The maximum Gasteiger partial charge on any atom is 0.254 e. The second-order valence-electron chi connectivity index (χ2n) is 6.80. The minimum atomic E-state index is -0.890. The highest BCUT2D eigenvalue weighted by Crippen LogP contribution is 2.18. The van der Waals surface area contributed by atoms with Gasteiger partial charge in [-0.05, 0) is 43.2 Å². The Kier molecular flexibility index (Phi) is 4.77. The summed E-state index contributed by atoms with van der Waals surface area (Å²) < 4.78 is 26.7. The van der Waals surface area contributed by atoms with Gasteiger partial charge in [0, 0.05) is 30.8 Å². The molecule has 0 aliphatic carbocycles. The maximum absolute atomic E-state index is 13.7. The predicted molar refractivity (Wildman–Crippen MR) is 98.8 cm³/mol. The van der Waals surface area contributed by atoms with Crippen molar-refractivity contribution in [2.24, 2.45) is 0 Å². The fraction of sp³-hybridized carbons (Fsp3) is 0.250. The number of nitrogens with zero attached hydrogens (tertiary/aromatic N) is 2. The summed E-state index contributed by atoms with van der Waals surface area (Å²) in [4.78, 5) is 33.8. The van der Waals surface area contributed by atoms with Gasteiger partial charge < -0.3 is 15.2 Å². The third kappa shape index (κ3) is 3.58. The lowest BCUT2D eigenvalue weighted by Crippen LogP contribution is -2.46. The molecule has 0 atom stereocenters. The molecule has 0 radical (unpaired) electrons. The molecule has 2 aromatic carbocycles. The summed E-state index contributed by atoms with van der Waals surface area (Å²) >= 11 is 0. The third-order valence-corrected chi connectivity index (χ3v) is 4.96. The molecule has 144 valence electrons. The monoisotopic (exact) mass is 384 g/mol. The van der Waals surface area contributed by atoms with Crippen molar-refractivity contribution in [3.8, 4) is 0 Å². The van der Waals surface area contributed by atoms with Crippen molar-refractivity contribution in [2.45, 2.75) is 18.9 Å². The highest BCUT2D eigenvalue weighted by Gasteiger charge is 2.25. The number of benzene rings is 2. The van der Waals surface area contributed by atoms with Crippen molar-refractivity contribution in [1.82, 2.24) is 20.2 Å². The van der Waals surface area contributed by atoms with Crippen molar-refractivity contribution in [2.75, 3.05) is 13.1 Å². The van der Waals surface area contributed by atoms with Gasteiger partial charge in [-0.15, -0.1) is 0 Å². The number of hydrogen-bond donors (Lipinski definition) is 2. The van der Waals surface area contributed by atoms with Crippen LogP contribution in [-0.2, 0) is 0 Å². The SMILES string of the molecule is O=C(NC1CCN(C(=O)c2ccc3nc[nH]c3c2)CC1)c1ccc(F)cc1F. The number of carbonyl (C=O) groups is 2. The van der Waals surface area contributed by atoms with Gasteiger partial charge in [-0.3, -0.25) is 9.59 Å². The first-order valence-electron chi connectivity index (χ1n) is 8.99. The largest absolute Gasteiger partial charge is 0.349 e. The van der Waals surface area contributed by atoms with Crippen LogP contribution < -0.4 is 5.32 Å². The number of hydrogen-bond acceptors (Lipinski definition) is 3. The number of fused-ring (bicyclic) bond motifs is 1. The molecule has 1 aliphatic heterocycles. The van der Waals surface area contributed by atoms with Crippen LogP contribution in [0.15, 0.2) is 42.7 Å². The van der Waals surface area contributed by atoms with E-state index in [0.717, 1.165) is 23.2 Å². The molecule has 1 saturated heterocycles. The molecule has 6 nitrogen and oxygen atoms in total. The predicted octanol–water partition coefficient (Wildman–Crippen LogP) is 2.88. The van der Waals surface area contributed by atoms with E-state index < -0.39 is 17.5 Å². The van der Waals surface area contributed by atoms with Gasteiger partial charge in [-0.1, -0.05) is 0 Å². The zero-order chi connectivity index (χ0) is 19.7. The Balaban J connectivity index is 1.36. The first-order valence-corrected chi connectivity index (χ1v) is 8.99. The lowest BCUT2D eigenvalue weighted by Gasteiger charge is -2.32. The van der Waals surface area contributed by atoms with E-state index in [0.29, 0.717) is 37.6 Å². The second kappa shape index (κ2) is 7.38. The van der Waals surface area contributed by atoms with E-state index >= 15 is 0 Å². The van der Waals surface area contributed by atoms with Crippen molar-refractivity contribution in [3.05, 3.63) is 65.5 Å². The molecule has 2 heterocycles. The first kappa shape index (κ1) is 18.1. The number of imidazole rings is 1. The number of rotatable bonds is 3. The lowest BCUT2D eigenvalue weighted by atomic mass is 10.0. The summed E-state index contributed by atoms with van der Waals surface area (Å²) in [5.41, 5.74) is 1.99. The summed E-state index contributed by atoms with van der Waals surface area (Å²) in [5, 5.41) is 2.76. The average molecular weight is 384 g/mol. The number of carbonyl (C=O) groups excluding carboxylic acids is 2. The first-order chi connectivity index (χ1) is 13.5. The molecule has 2 amide bonds. The van der Waals surface area contributed by atoms with Gasteiger partial charge in [0.2, 0.25) is 0 Å². The van der Waals surface area contributed by atoms with Crippen LogP contribution in [0.4, 0.5) is 8.78 Å². The summed E-state index contributed by atoms with van der Waals surface area (Å²) in [6, 6.07) is 8.01. The zero-order valence-corrected chi connectivity index (χ0v) is 14.9. The molecular formula is C20H18F2N4O2. The molecule has 1 aromatic heterocycles. The van der Waals surface area contributed by atoms with Gasteiger partial charge in [0.25, 0.3) is 11.8 Å². The Hall–Kier alpha value is -3.29. The Morgan fingerprint density at radius 3 is 2.64 bits per heavy atom. The van der Waals surface area contributed by atoms with Gasteiger partial charge >= 0.3 is 0 Å². The van der Waals surface area contributed by atoms with Crippen molar-refractivity contribution >= 4 is 22.8 Å². The molecule has 0 saturated carbocycles. The van der Waals surface area contributed by atoms with Gasteiger partial charge in [0.1, 0.15) is 11.6 Å². The number of H-pyrrole nitrogens is 1. The summed E-state index contributed by atoms with van der Waals surface area (Å²) in [6.45, 7) is 0.966. The third-order valence-electron chi connectivity index (χ3n) is 4.96. The fourth-order valence-electron chi connectivity index (χ4n) is 3.41. The van der Waals surface area contributed by atoms with Crippen LogP contribution >= 0.6 is 0 Å². The van der Waals surface area contributed by atoms with E-state index in [4.69, 9.17) is 0 Å². The molecule has 0 spiro atoms. The molecule has 28 heavy (non-hydrogen) atoms. The maximum atomic E-state index is 13.7. The summed E-state index contributed by atoms with van der Waals surface area (Å²) in [5.74, 6) is -2.27. The van der Waals surface area contributed by atoms with Crippen LogP contribution in [-0.4, -0.2) is 45.8 Å². The number of piperidine rings is 1. The van der Waals surface area contributed by atoms with E-state index in [2.05, 4.69) is 15.3 Å². The van der Waals surface area contributed by atoms with Crippen LogP contribution in [0.2, 0.25) is 0 Å². The molecule has 8 heteroatoms. The van der Waals surface area contributed by atoms with Crippen LogP contribution in [0, 0.1) is 11.6 Å². The quantitative estimate of drug-likeness (QED) is 0.729. The van der Waals surface area contributed by atoms with Gasteiger partial charge in [-0.2, -0.15) is 0 Å². The van der Waals surface area contributed by atoms with Gasteiger partial charge in [0.15, 0.2) is 0 Å². The normalized spacial score (nSPS) is 15.0. The van der Waals surface area contributed by atoms with E-state index in [-0.39, 0.29) is 17.5 Å². The lowest BCUT2D eigenvalue weighted by molar-refractivity contribution is 0.0698. The van der Waals surface area contributed by atoms with Crippen LogP contribution in [0.5, 0.6) is 0 Å². The topological polar surface area (TPSA) is 78.1 Å². The van der Waals surface area contributed by atoms with Gasteiger partial charge in [-0.25, -0.2) is 13.8 Å². The molecule has 0 unspecified atom stereocenters. The molecular weight excluding hydrogens is 366 g/mol. The number of amides is 2. The molecule has 0 bridgehead atoms. The zero-order valence-electron chi connectivity index (χ0n) is 14.9. The van der Waals surface area contributed by atoms with E-state index in [1.807, 2.05) is 0 Å². The van der Waals surface area contributed by atoms with Crippen molar-refractivity contribution < 1.29 is 18.4 Å².